The zero-order chi connectivity index (χ0) is 18.8. The fraction of sp³-hybridized carbons (Fsp3) is 0.143. The second-order valence-corrected chi connectivity index (χ2v) is 6.52. The van der Waals surface area contributed by atoms with E-state index in [1.807, 2.05) is 72.2 Å². The Bertz CT molecular complexity index is 1130. The summed E-state index contributed by atoms with van der Waals surface area (Å²) in [6, 6.07) is 19.3. The fourth-order valence-electron chi connectivity index (χ4n) is 3.07. The van der Waals surface area contributed by atoms with E-state index in [9.17, 15) is 4.79 Å². The maximum atomic E-state index is 12.9. The summed E-state index contributed by atoms with van der Waals surface area (Å²) in [5, 5.41) is 1.20. The van der Waals surface area contributed by atoms with Crippen molar-refractivity contribution in [2.75, 3.05) is 6.61 Å². The van der Waals surface area contributed by atoms with E-state index in [0.717, 1.165) is 16.9 Å². The summed E-state index contributed by atoms with van der Waals surface area (Å²) in [7, 11) is 0. The number of aromatic nitrogens is 3. The van der Waals surface area contributed by atoms with E-state index >= 15 is 0 Å². The van der Waals surface area contributed by atoms with Gasteiger partial charge in [-0.25, -0.2) is 4.98 Å². The molecule has 0 unspecified atom stereocenters. The van der Waals surface area contributed by atoms with Crippen LogP contribution in [-0.4, -0.2) is 20.7 Å². The predicted molar refractivity (Wildman–Crippen MR) is 107 cm³/mol. The second-order valence-electron chi connectivity index (χ2n) is 6.09. The van der Waals surface area contributed by atoms with Crippen LogP contribution in [0.2, 0.25) is 5.02 Å². The molecule has 0 spiro atoms. The first-order chi connectivity index (χ1) is 13.2. The van der Waals surface area contributed by atoms with Gasteiger partial charge in [0.15, 0.2) is 5.65 Å². The van der Waals surface area contributed by atoms with Crippen LogP contribution in [0.4, 0.5) is 0 Å². The highest BCUT2D eigenvalue weighted by molar-refractivity contribution is 6.30. The number of fused-ring (bicyclic) bond motifs is 1. The van der Waals surface area contributed by atoms with Crippen LogP contribution in [-0.2, 0) is 11.5 Å². The maximum Gasteiger partial charge on any atom is 0.264 e. The van der Waals surface area contributed by atoms with Crippen molar-refractivity contribution in [1.29, 1.82) is 0 Å². The molecule has 2 aromatic heterocycles. The van der Waals surface area contributed by atoms with Gasteiger partial charge < -0.3 is 4.74 Å². The monoisotopic (exact) mass is 379 g/mol. The van der Waals surface area contributed by atoms with Gasteiger partial charge in [0.05, 0.1) is 11.1 Å². The minimum Gasteiger partial charge on any atom is -0.361 e. The van der Waals surface area contributed by atoms with Gasteiger partial charge in [0.2, 0.25) is 0 Å². The molecule has 0 aliphatic carbocycles. The molecule has 2 aromatic carbocycles. The quantitative estimate of drug-likeness (QED) is 0.513. The number of hydrogen-bond donors (Lipinski definition) is 0. The van der Waals surface area contributed by atoms with Crippen molar-refractivity contribution >= 4 is 22.6 Å². The molecule has 136 valence electrons. The predicted octanol–water partition coefficient (Wildman–Crippen LogP) is 4.50. The van der Waals surface area contributed by atoms with E-state index in [1.54, 1.807) is 0 Å². The van der Waals surface area contributed by atoms with Crippen LogP contribution < -0.4 is 5.56 Å². The first-order valence-electron chi connectivity index (χ1n) is 8.69. The summed E-state index contributed by atoms with van der Waals surface area (Å²) in [5.41, 5.74) is 3.27. The Hall–Kier alpha value is -2.89. The maximum absolute atomic E-state index is 12.9. The van der Waals surface area contributed by atoms with Gasteiger partial charge in [-0.05, 0) is 42.8 Å². The molecule has 0 saturated heterocycles. The molecular weight excluding hydrogens is 362 g/mol. The molecule has 27 heavy (non-hydrogen) atoms. The van der Waals surface area contributed by atoms with Gasteiger partial charge in [-0.1, -0.05) is 41.9 Å². The highest BCUT2D eigenvalue weighted by Gasteiger charge is 2.17. The van der Waals surface area contributed by atoms with Crippen molar-refractivity contribution < 1.29 is 4.74 Å². The van der Waals surface area contributed by atoms with E-state index in [2.05, 4.69) is 4.98 Å². The summed E-state index contributed by atoms with van der Waals surface area (Å²) in [6.07, 6.45) is 1.53. The summed E-state index contributed by atoms with van der Waals surface area (Å²) >= 11 is 6.05. The number of benzene rings is 2. The van der Waals surface area contributed by atoms with Gasteiger partial charge in [0.25, 0.3) is 5.56 Å². The zero-order valence-electron chi connectivity index (χ0n) is 14.8. The molecule has 2 heterocycles. The average Bonchev–Trinajstić information content (AvgIpc) is 3.09. The molecule has 4 aromatic rings. The summed E-state index contributed by atoms with van der Waals surface area (Å²) < 4.78 is 8.83. The topological polar surface area (TPSA) is 49.0 Å². The molecule has 0 atom stereocenters. The number of rotatable bonds is 5. The molecular formula is C21H18ClN3O2. The molecule has 0 amide bonds. The van der Waals surface area contributed by atoms with Crippen molar-refractivity contribution in [1.82, 2.24) is 14.1 Å². The average molecular weight is 380 g/mol. The Morgan fingerprint density at radius 1 is 1.07 bits per heavy atom. The van der Waals surface area contributed by atoms with Crippen LogP contribution in [0, 0.1) is 0 Å². The van der Waals surface area contributed by atoms with Gasteiger partial charge in [-0.15, -0.1) is 0 Å². The Morgan fingerprint density at radius 3 is 2.52 bits per heavy atom. The van der Waals surface area contributed by atoms with Gasteiger partial charge in [0, 0.05) is 17.3 Å². The fourth-order valence-corrected chi connectivity index (χ4v) is 3.20. The van der Waals surface area contributed by atoms with E-state index < -0.39 is 0 Å². The number of ether oxygens (including phenoxy) is 1. The largest absolute Gasteiger partial charge is 0.361 e. The number of nitrogens with zero attached hydrogens (tertiary/aromatic N) is 3. The van der Waals surface area contributed by atoms with Crippen molar-refractivity contribution in [3.8, 4) is 16.9 Å². The van der Waals surface area contributed by atoms with Crippen LogP contribution in [0.25, 0.3) is 28.0 Å². The van der Waals surface area contributed by atoms with Crippen molar-refractivity contribution in [2.24, 2.45) is 0 Å². The minimum absolute atomic E-state index is 0.127. The molecule has 0 fully saturated rings. The Kier molecular flexibility index (Phi) is 4.79. The summed E-state index contributed by atoms with van der Waals surface area (Å²) in [4.78, 5) is 17.5. The lowest BCUT2D eigenvalue weighted by atomic mass is 10.1. The Balaban J connectivity index is 1.99. The van der Waals surface area contributed by atoms with E-state index in [-0.39, 0.29) is 12.3 Å². The van der Waals surface area contributed by atoms with E-state index in [0.29, 0.717) is 22.7 Å². The summed E-state index contributed by atoms with van der Waals surface area (Å²) in [6.45, 7) is 2.61. The molecule has 6 heteroatoms. The van der Waals surface area contributed by atoms with Crippen LogP contribution in [0.3, 0.4) is 0 Å². The lowest BCUT2D eigenvalue weighted by Crippen LogP contribution is -2.21. The smallest absolute Gasteiger partial charge is 0.264 e. The Labute approximate surface area is 161 Å². The van der Waals surface area contributed by atoms with Crippen LogP contribution in [0.5, 0.6) is 0 Å². The number of hydrogen-bond acceptors (Lipinski definition) is 3. The van der Waals surface area contributed by atoms with E-state index in [4.69, 9.17) is 16.3 Å². The standard InChI is InChI=1S/C21H18ClN3O2/c1-2-27-14-24-13-23-20-18(21(24)26)12-19(15-6-4-3-5-7-15)25(20)17-10-8-16(22)9-11-17/h3-13H,2,14H2,1H3. The molecule has 5 nitrogen and oxygen atoms in total. The van der Waals surface area contributed by atoms with Crippen LogP contribution in [0.1, 0.15) is 6.92 Å². The highest BCUT2D eigenvalue weighted by Crippen LogP contribution is 2.29. The molecule has 0 radical (unpaired) electrons. The van der Waals surface area contributed by atoms with Gasteiger partial charge >= 0.3 is 0 Å². The molecule has 0 bridgehead atoms. The lowest BCUT2D eigenvalue weighted by Gasteiger charge is -2.11. The van der Waals surface area contributed by atoms with Gasteiger partial charge in [-0.3, -0.25) is 13.9 Å². The zero-order valence-corrected chi connectivity index (χ0v) is 15.6. The highest BCUT2D eigenvalue weighted by atomic mass is 35.5. The molecule has 0 aliphatic rings. The molecule has 0 aliphatic heterocycles. The van der Waals surface area contributed by atoms with Crippen molar-refractivity contribution in [2.45, 2.75) is 13.7 Å². The number of halogens is 1. The van der Waals surface area contributed by atoms with Gasteiger partial charge in [-0.2, -0.15) is 0 Å². The third kappa shape index (κ3) is 3.27. The van der Waals surface area contributed by atoms with Crippen LogP contribution >= 0.6 is 11.6 Å². The third-order valence-electron chi connectivity index (χ3n) is 4.37. The SMILES string of the molecule is CCOCn1cnc2c(cc(-c3ccccc3)n2-c2ccc(Cl)cc2)c1=O. The molecule has 0 saturated carbocycles. The molecule has 4 rings (SSSR count). The minimum atomic E-state index is -0.127. The first-order valence-corrected chi connectivity index (χ1v) is 9.07. The van der Waals surface area contributed by atoms with Gasteiger partial charge in [0.1, 0.15) is 13.1 Å². The van der Waals surface area contributed by atoms with Crippen LogP contribution in [0.15, 0.2) is 71.8 Å². The van der Waals surface area contributed by atoms with Crippen molar-refractivity contribution in [3.05, 3.63) is 82.4 Å². The molecule has 0 N–H and O–H groups in total. The summed E-state index contributed by atoms with van der Waals surface area (Å²) in [5.74, 6) is 0. The Morgan fingerprint density at radius 2 is 1.81 bits per heavy atom. The third-order valence-corrected chi connectivity index (χ3v) is 4.63. The first kappa shape index (κ1) is 17.5. The second kappa shape index (κ2) is 7.39. The van der Waals surface area contributed by atoms with E-state index in [1.165, 1.54) is 10.9 Å². The van der Waals surface area contributed by atoms with Crippen molar-refractivity contribution in [3.63, 3.8) is 0 Å². The lowest BCUT2D eigenvalue weighted by molar-refractivity contribution is 0.0850. The normalized spacial score (nSPS) is 11.2.